The first-order valence-corrected chi connectivity index (χ1v) is 10.4. The molecular formula is C23H27FN2O4. The third-order valence-electron chi connectivity index (χ3n) is 5.99. The Morgan fingerprint density at radius 1 is 1.23 bits per heavy atom. The second-order valence-corrected chi connectivity index (χ2v) is 7.88. The molecular weight excluding hydrogens is 387 g/mol. The van der Waals surface area contributed by atoms with Crippen molar-refractivity contribution in [1.82, 2.24) is 10.1 Å². The summed E-state index contributed by atoms with van der Waals surface area (Å²) in [6.45, 7) is 5.05. The van der Waals surface area contributed by atoms with Crippen molar-refractivity contribution in [2.75, 3.05) is 26.2 Å². The van der Waals surface area contributed by atoms with Crippen LogP contribution in [0.4, 0.5) is 4.39 Å². The van der Waals surface area contributed by atoms with E-state index in [-0.39, 0.29) is 18.2 Å². The van der Waals surface area contributed by atoms with Crippen LogP contribution < -0.4 is 4.74 Å². The van der Waals surface area contributed by atoms with E-state index in [0.29, 0.717) is 35.0 Å². The molecule has 2 aromatic carbocycles. The van der Waals surface area contributed by atoms with Gasteiger partial charge in [-0.1, -0.05) is 11.2 Å². The van der Waals surface area contributed by atoms with Crippen molar-refractivity contribution in [3.8, 4) is 11.5 Å². The van der Waals surface area contributed by atoms with Crippen molar-refractivity contribution >= 4 is 11.0 Å². The van der Waals surface area contributed by atoms with Crippen molar-refractivity contribution in [2.24, 2.45) is 0 Å². The van der Waals surface area contributed by atoms with Crippen LogP contribution in [-0.2, 0) is 6.61 Å². The molecule has 0 saturated carbocycles. The number of halogens is 1. The number of piperidine rings is 1. The van der Waals surface area contributed by atoms with Gasteiger partial charge in [0.2, 0.25) is 0 Å². The molecule has 1 fully saturated rings. The van der Waals surface area contributed by atoms with Crippen molar-refractivity contribution in [1.29, 1.82) is 0 Å². The minimum Gasteiger partial charge on any atom is -0.504 e. The first-order chi connectivity index (χ1) is 14.6. The topological polar surface area (TPSA) is 79.0 Å². The lowest BCUT2D eigenvalue weighted by Crippen LogP contribution is -2.34. The summed E-state index contributed by atoms with van der Waals surface area (Å²) in [5.74, 6) is 0.573. The lowest BCUT2D eigenvalue weighted by molar-refractivity contribution is 0.189. The van der Waals surface area contributed by atoms with E-state index in [1.807, 2.05) is 0 Å². The average molecular weight is 414 g/mol. The fourth-order valence-corrected chi connectivity index (χ4v) is 4.13. The summed E-state index contributed by atoms with van der Waals surface area (Å²) in [5.41, 5.74) is 2.80. The number of phenolic OH excluding ortho intramolecular Hbond substituents is 1. The van der Waals surface area contributed by atoms with Crippen LogP contribution in [0.5, 0.6) is 11.5 Å². The Balaban J connectivity index is 1.24. The third kappa shape index (κ3) is 4.27. The summed E-state index contributed by atoms with van der Waals surface area (Å²) in [6.07, 6.45) is 2.84. The van der Waals surface area contributed by atoms with Crippen LogP contribution in [0.2, 0.25) is 0 Å². The molecule has 0 aliphatic carbocycles. The number of benzene rings is 2. The molecule has 0 spiro atoms. The second kappa shape index (κ2) is 9.02. The van der Waals surface area contributed by atoms with E-state index in [4.69, 9.17) is 9.26 Å². The number of aliphatic hydroxyl groups excluding tert-OH is 1. The molecule has 2 heterocycles. The van der Waals surface area contributed by atoms with Gasteiger partial charge >= 0.3 is 0 Å². The molecule has 4 rings (SSSR count). The predicted octanol–water partition coefficient (Wildman–Crippen LogP) is 4.12. The van der Waals surface area contributed by atoms with Gasteiger partial charge in [-0.25, -0.2) is 4.39 Å². The Kier molecular flexibility index (Phi) is 6.20. The lowest BCUT2D eigenvalue weighted by Gasteiger charge is -2.31. The maximum atomic E-state index is 13.3. The number of hydrogen-bond donors (Lipinski definition) is 2. The summed E-state index contributed by atoms with van der Waals surface area (Å²) in [6, 6.07) is 8.07. The van der Waals surface area contributed by atoms with E-state index < -0.39 is 0 Å². The Hall–Kier alpha value is -2.64. The number of aromatic nitrogens is 1. The third-order valence-corrected chi connectivity index (χ3v) is 5.99. The SMILES string of the molecule is Cc1c(CO)ccc(OCCCN2CCC(c3noc4cc(F)ccc34)CC2)c1O. The fraction of sp³-hybridized carbons (Fsp3) is 0.435. The molecule has 0 radical (unpaired) electrons. The Morgan fingerprint density at radius 3 is 2.80 bits per heavy atom. The van der Waals surface area contributed by atoms with Gasteiger partial charge in [0.05, 0.1) is 18.9 Å². The van der Waals surface area contributed by atoms with Gasteiger partial charge in [0.25, 0.3) is 0 Å². The van der Waals surface area contributed by atoms with Gasteiger partial charge in [0, 0.05) is 29.5 Å². The molecule has 0 amide bonds. The van der Waals surface area contributed by atoms with Crippen LogP contribution in [0.1, 0.15) is 42.0 Å². The van der Waals surface area contributed by atoms with Crippen molar-refractivity contribution in [2.45, 2.75) is 38.7 Å². The van der Waals surface area contributed by atoms with Crippen molar-refractivity contribution in [3.63, 3.8) is 0 Å². The molecule has 3 aromatic rings. The maximum Gasteiger partial charge on any atom is 0.170 e. The van der Waals surface area contributed by atoms with Crippen LogP contribution >= 0.6 is 0 Å². The molecule has 0 atom stereocenters. The highest BCUT2D eigenvalue weighted by molar-refractivity contribution is 5.79. The molecule has 1 aliphatic rings. The van der Waals surface area contributed by atoms with Gasteiger partial charge in [-0.15, -0.1) is 0 Å². The molecule has 1 aliphatic heterocycles. The van der Waals surface area contributed by atoms with Crippen LogP contribution in [0, 0.1) is 12.7 Å². The van der Waals surface area contributed by atoms with Crippen molar-refractivity contribution in [3.05, 3.63) is 53.0 Å². The minimum absolute atomic E-state index is 0.0992. The van der Waals surface area contributed by atoms with Gasteiger partial charge in [0.1, 0.15) is 5.82 Å². The fourth-order valence-electron chi connectivity index (χ4n) is 4.13. The average Bonchev–Trinajstić information content (AvgIpc) is 3.17. The van der Waals surface area contributed by atoms with Crippen LogP contribution in [0.25, 0.3) is 11.0 Å². The van der Waals surface area contributed by atoms with Crippen molar-refractivity contribution < 1.29 is 23.9 Å². The number of likely N-dealkylation sites (tertiary alicyclic amines) is 1. The Morgan fingerprint density at radius 2 is 2.03 bits per heavy atom. The van der Waals surface area contributed by atoms with E-state index in [2.05, 4.69) is 10.1 Å². The minimum atomic E-state index is -0.310. The molecule has 0 unspecified atom stereocenters. The molecule has 160 valence electrons. The number of fused-ring (bicyclic) bond motifs is 1. The van der Waals surface area contributed by atoms with Crippen LogP contribution in [0.3, 0.4) is 0 Å². The van der Waals surface area contributed by atoms with Gasteiger partial charge < -0.3 is 24.4 Å². The number of aliphatic hydroxyl groups is 1. The number of hydrogen-bond acceptors (Lipinski definition) is 6. The van der Waals surface area contributed by atoms with Gasteiger partial charge in [-0.2, -0.15) is 0 Å². The summed E-state index contributed by atoms with van der Waals surface area (Å²) in [7, 11) is 0. The quantitative estimate of drug-likeness (QED) is 0.566. The van der Waals surface area contributed by atoms with E-state index in [1.165, 1.54) is 12.1 Å². The zero-order valence-corrected chi connectivity index (χ0v) is 17.1. The van der Waals surface area contributed by atoms with Gasteiger partial charge in [0.15, 0.2) is 17.1 Å². The highest BCUT2D eigenvalue weighted by Gasteiger charge is 2.25. The van der Waals surface area contributed by atoms with E-state index in [1.54, 1.807) is 25.1 Å². The predicted molar refractivity (Wildman–Crippen MR) is 111 cm³/mol. The monoisotopic (exact) mass is 414 g/mol. The van der Waals surface area contributed by atoms with E-state index >= 15 is 0 Å². The summed E-state index contributed by atoms with van der Waals surface area (Å²) < 4.78 is 24.4. The second-order valence-electron chi connectivity index (χ2n) is 7.88. The molecule has 6 nitrogen and oxygen atoms in total. The molecule has 1 saturated heterocycles. The first-order valence-electron chi connectivity index (χ1n) is 10.4. The largest absolute Gasteiger partial charge is 0.504 e. The number of phenols is 1. The lowest BCUT2D eigenvalue weighted by atomic mass is 9.91. The summed E-state index contributed by atoms with van der Waals surface area (Å²) >= 11 is 0. The number of aromatic hydroxyl groups is 1. The van der Waals surface area contributed by atoms with Crippen LogP contribution in [0.15, 0.2) is 34.9 Å². The Labute approximate surface area is 174 Å². The first kappa shape index (κ1) is 20.6. The zero-order valence-electron chi connectivity index (χ0n) is 17.1. The summed E-state index contributed by atoms with van der Waals surface area (Å²) in [4.78, 5) is 2.40. The molecule has 0 bridgehead atoms. The van der Waals surface area contributed by atoms with Gasteiger partial charge in [-0.3, -0.25) is 0 Å². The zero-order chi connectivity index (χ0) is 21.1. The molecule has 30 heavy (non-hydrogen) atoms. The number of nitrogens with zero attached hydrogens (tertiary/aromatic N) is 2. The highest BCUT2D eigenvalue weighted by atomic mass is 19.1. The smallest absolute Gasteiger partial charge is 0.170 e. The van der Waals surface area contributed by atoms with Crippen LogP contribution in [-0.4, -0.2) is 46.5 Å². The normalized spacial score (nSPS) is 15.7. The van der Waals surface area contributed by atoms with E-state index in [0.717, 1.165) is 50.0 Å². The molecule has 7 heteroatoms. The molecule has 1 aromatic heterocycles. The van der Waals surface area contributed by atoms with E-state index in [9.17, 15) is 14.6 Å². The molecule has 2 N–H and O–H groups in total. The maximum absolute atomic E-state index is 13.3. The standard InChI is InChI=1S/C23H27FN2O4/c1-15-17(14-27)3-6-20(23(15)28)29-12-2-9-26-10-7-16(8-11-26)22-19-5-4-18(24)13-21(19)30-25-22/h3-6,13,16,27-28H,2,7-12,14H2,1H3. The summed E-state index contributed by atoms with van der Waals surface area (Å²) in [5, 5.41) is 24.5. The highest BCUT2D eigenvalue weighted by Crippen LogP contribution is 2.33. The number of rotatable bonds is 7. The van der Waals surface area contributed by atoms with Gasteiger partial charge in [-0.05, 0) is 63.0 Å². The number of ether oxygens (including phenoxy) is 1. The Bertz CT molecular complexity index is 1010.